The Hall–Kier alpha value is -2.90. The number of aromatic nitrogens is 4. The third-order valence-corrected chi connectivity index (χ3v) is 3.53. The number of ether oxygens (including phenoxy) is 1. The van der Waals surface area contributed by atoms with Crippen molar-refractivity contribution in [1.29, 1.82) is 0 Å². The van der Waals surface area contributed by atoms with E-state index in [1.807, 2.05) is 35.8 Å². The zero-order valence-corrected chi connectivity index (χ0v) is 12.9. The zero-order chi connectivity index (χ0) is 16.2. The number of amides is 1. The fourth-order valence-electron chi connectivity index (χ4n) is 2.24. The molecule has 8 nitrogen and oxygen atoms in total. The Morgan fingerprint density at radius 2 is 2.22 bits per heavy atom. The fraction of sp³-hybridized carbons (Fsp3) is 0.333. The Labute approximate surface area is 132 Å². The summed E-state index contributed by atoms with van der Waals surface area (Å²) < 4.78 is 11.7. The van der Waals surface area contributed by atoms with Gasteiger partial charge in [0.15, 0.2) is 0 Å². The summed E-state index contributed by atoms with van der Waals surface area (Å²) >= 11 is 0. The van der Waals surface area contributed by atoms with E-state index < -0.39 is 0 Å². The lowest BCUT2D eigenvalue weighted by atomic mass is 10.2. The second-order valence-corrected chi connectivity index (χ2v) is 5.11. The molecule has 0 aliphatic carbocycles. The monoisotopic (exact) mass is 315 g/mol. The van der Waals surface area contributed by atoms with Crippen molar-refractivity contribution in [1.82, 2.24) is 25.2 Å². The van der Waals surface area contributed by atoms with Gasteiger partial charge in [0.1, 0.15) is 18.3 Å². The Kier molecular flexibility index (Phi) is 4.22. The van der Waals surface area contributed by atoms with Crippen LogP contribution in [0.3, 0.4) is 0 Å². The maximum absolute atomic E-state index is 12.3. The van der Waals surface area contributed by atoms with Crippen LogP contribution in [-0.2, 0) is 4.79 Å². The van der Waals surface area contributed by atoms with E-state index in [1.54, 1.807) is 13.3 Å². The second-order valence-electron chi connectivity index (χ2n) is 5.11. The summed E-state index contributed by atoms with van der Waals surface area (Å²) in [4.78, 5) is 16.5. The van der Waals surface area contributed by atoms with Crippen LogP contribution in [0.25, 0.3) is 11.0 Å². The van der Waals surface area contributed by atoms with Gasteiger partial charge in [-0.15, -0.1) is 0 Å². The molecule has 0 saturated carbocycles. The van der Waals surface area contributed by atoms with Crippen molar-refractivity contribution < 1.29 is 14.2 Å². The van der Waals surface area contributed by atoms with Crippen LogP contribution in [0.5, 0.6) is 5.88 Å². The number of imidazole rings is 1. The number of rotatable bonds is 6. The first-order valence-corrected chi connectivity index (χ1v) is 7.28. The van der Waals surface area contributed by atoms with Crippen molar-refractivity contribution in [3.8, 4) is 5.88 Å². The molecule has 23 heavy (non-hydrogen) atoms. The topological polar surface area (TPSA) is 95.1 Å². The quantitative estimate of drug-likeness (QED) is 0.692. The van der Waals surface area contributed by atoms with Gasteiger partial charge < -0.3 is 14.6 Å². The molecule has 1 amide bonds. The lowest BCUT2D eigenvalue weighted by molar-refractivity contribution is -0.123. The summed E-state index contributed by atoms with van der Waals surface area (Å²) in [5.74, 6) is 0.236. The van der Waals surface area contributed by atoms with E-state index >= 15 is 0 Å². The molecule has 1 aromatic carbocycles. The summed E-state index contributed by atoms with van der Waals surface area (Å²) in [7, 11) is 0. The maximum atomic E-state index is 12.3. The highest BCUT2D eigenvalue weighted by molar-refractivity contribution is 5.83. The summed E-state index contributed by atoms with van der Waals surface area (Å²) in [6.45, 7) is 4.22. The van der Waals surface area contributed by atoms with Gasteiger partial charge >= 0.3 is 0 Å². The molecule has 3 rings (SSSR count). The van der Waals surface area contributed by atoms with E-state index in [0.29, 0.717) is 18.1 Å². The van der Waals surface area contributed by atoms with Gasteiger partial charge in [-0.1, -0.05) is 17.3 Å². The van der Waals surface area contributed by atoms with Crippen molar-refractivity contribution in [3.05, 3.63) is 36.3 Å². The molecule has 0 spiro atoms. The van der Waals surface area contributed by atoms with Gasteiger partial charge in [0, 0.05) is 0 Å². The molecule has 0 bridgehead atoms. The summed E-state index contributed by atoms with van der Waals surface area (Å²) in [6.07, 6.45) is 1.68. The van der Waals surface area contributed by atoms with Crippen LogP contribution in [0.4, 0.5) is 0 Å². The van der Waals surface area contributed by atoms with Crippen LogP contribution < -0.4 is 10.1 Å². The number of fused-ring (bicyclic) bond motifs is 1. The summed E-state index contributed by atoms with van der Waals surface area (Å²) in [5, 5.41) is 10.0. The van der Waals surface area contributed by atoms with Gasteiger partial charge in [-0.2, -0.15) is 0 Å². The number of carbonyl (C=O) groups is 1. The lowest BCUT2D eigenvalue weighted by Crippen LogP contribution is -2.33. The standard InChI is InChI=1S/C15H17N5O3/c1-10-15(19-23-18-10)22-8-7-16-14(21)11(2)20-9-17-12-5-3-4-6-13(12)20/h3-6,9,11H,7-8H2,1-2H3,(H,16,21). The molecule has 3 aromatic rings. The Morgan fingerprint density at radius 1 is 1.39 bits per heavy atom. The van der Waals surface area contributed by atoms with Gasteiger partial charge in [0.25, 0.3) is 5.88 Å². The number of hydrogen-bond acceptors (Lipinski definition) is 6. The smallest absolute Gasteiger partial charge is 0.278 e. The minimum atomic E-state index is -0.363. The number of aryl methyl sites for hydroxylation is 1. The highest BCUT2D eigenvalue weighted by atomic mass is 16.6. The van der Waals surface area contributed by atoms with E-state index in [1.165, 1.54) is 0 Å². The Bertz CT molecular complexity index is 810. The van der Waals surface area contributed by atoms with Crippen molar-refractivity contribution >= 4 is 16.9 Å². The van der Waals surface area contributed by atoms with Crippen molar-refractivity contribution in [3.63, 3.8) is 0 Å². The van der Waals surface area contributed by atoms with Crippen LogP contribution in [0.15, 0.2) is 35.2 Å². The van der Waals surface area contributed by atoms with Crippen LogP contribution >= 0.6 is 0 Å². The van der Waals surface area contributed by atoms with E-state index in [4.69, 9.17) is 4.74 Å². The van der Waals surface area contributed by atoms with Gasteiger partial charge in [0.2, 0.25) is 5.91 Å². The molecule has 0 radical (unpaired) electrons. The van der Waals surface area contributed by atoms with Gasteiger partial charge in [-0.3, -0.25) is 4.79 Å². The normalized spacial score (nSPS) is 12.3. The first-order chi connectivity index (χ1) is 11.2. The lowest BCUT2D eigenvalue weighted by Gasteiger charge is -2.14. The number of para-hydroxylation sites is 2. The molecular formula is C15H17N5O3. The number of nitrogens with one attached hydrogen (secondary N) is 1. The molecule has 0 saturated heterocycles. The molecule has 2 heterocycles. The first-order valence-electron chi connectivity index (χ1n) is 7.28. The second kappa shape index (κ2) is 6.47. The van der Waals surface area contributed by atoms with Gasteiger partial charge in [-0.25, -0.2) is 9.61 Å². The van der Waals surface area contributed by atoms with Gasteiger partial charge in [-0.05, 0) is 31.1 Å². The molecule has 1 unspecified atom stereocenters. The van der Waals surface area contributed by atoms with E-state index in [-0.39, 0.29) is 18.6 Å². The van der Waals surface area contributed by atoms with Crippen LogP contribution in [0, 0.1) is 6.92 Å². The van der Waals surface area contributed by atoms with Gasteiger partial charge in [0.05, 0.1) is 23.9 Å². The molecule has 120 valence electrons. The van der Waals surface area contributed by atoms with Crippen molar-refractivity contribution in [2.75, 3.05) is 13.2 Å². The fourth-order valence-corrected chi connectivity index (χ4v) is 2.24. The minimum absolute atomic E-state index is 0.105. The van der Waals surface area contributed by atoms with Crippen LogP contribution in [0.2, 0.25) is 0 Å². The average molecular weight is 315 g/mol. The maximum Gasteiger partial charge on any atom is 0.278 e. The molecule has 1 atom stereocenters. The molecule has 0 aliphatic heterocycles. The highest BCUT2D eigenvalue weighted by Crippen LogP contribution is 2.17. The minimum Gasteiger partial charge on any atom is -0.472 e. The Morgan fingerprint density at radius 3 is 3.00 bits per heavy atom. The molecule has 8 heteroatoms. The SMILES string of the molecule is Cc1nonc1OCCNC(=O)C(C)n1cnc2ccccc21. The summed E-state index contributed by atoms with van der Waals surface area (Å²) in [6, 6.07) is 7.34. The zero-order valence-electron chi connectivity index (χ0n) is 12.9. The third-order valence-electron chi connectivity index (χ3n) is 3.53. The number of carbonyl (C=O) groups excluding carboxylic acids is 1. The number of benzene rings is 1. The predicted octanol–water partition coefficient (Wildman–Crippen LogP) is 1.48. The van der Waals surface area contributed by atoms with E-state index in [0.717, 1.165) is 11.0 Å². The molecule has 2 aromatic heterocycles. The van der Waals surface area contributed by atoms with E-state index in [9.17, 15) is 4.79 Å². The number of nitrogens with zero attached hydrogens (tertiary/aromatic N) is 4. The predicted molar refractivity (Wildman–Crippen MR) is 82.0 cm³/mol. The van der Waals surface area contributed by atoms with Crippen molar-refractivity contribution in [2.24, 2.45) is 0 Å². The first kappa shape index (κ1) is 15.0. The molecular weight excluding hydrogens is 298 g/mol. The highest BCUT2D eigenvalue weighted by Gasteiger charge is 2.16. The molecule has 0 fully saturated rings. The van der Waals surface area contributed by atoms with E-state index in [2.05, 4.69) is 25.2 Å². The van der Waals surface area contributed by atoms with Crippen LogP contribution in [0.1, 0.15) is 18.7 Å². The largest absolute Gasteiger partial charge is 0.472 e. The average Bonchev–Trinajstić information content (AvgIpc) is 3.17. The van der Waals surface area contributed by atoms with Crippen LogP contribution in [-0.4, -0.2) is 38.9 Å². The third kappa shape index (κ3) is 3.15. The van der Waals surface area contributed by atoms with Crippen molar-refractivity contribution in [2.45, 2.75) is 19.9 Å². The number of hydrogen-bond donors (Lipinski definition) is 1. The summed E-state index contributed by atoms with van der Waals surface area (Å²) in [5.41, 5.74) is 2.37. The molecule has 0 aliphatic rings. The molecule has 1 N–H and O–H groups in total. The Balaban J connectivity index is 1.54.